The van der Waals surface area contributed by atoms with Gasteiger partial charge in [-0.05, 0) is 42.8 Å². The fourth-order valence-electron chi connectivity index (χ4n) is 2.23. The number of rotatable bonds is 4. The molecule has 0 fully saturated rings. The van der Waals surface area contributed by atoms with Crippen molar-refractivity contribution < 1.29 is 13.9 Å². The number of ether oxygens (including phenoxy) is 1. The lowest BCUT2D eigenvalue weighted by molar-refractivity contribution is -0.115. The summed E-state index contributed by atoms with van der Waals surface area (Å²) >= 11 is 0. The summed E-state index contributed by atoms with van der Waals surface area (Å²) in [4.78, 5) is 16.3. The lowest BCUT2D eigenvalue weighted by Gasteiger charge is -2.02. The van der Waals surface area contributed by atoms with E-state index in [1.165, 1.54) is 12.1 Å². The summed E-state index contributed by atoms with van der Waals surface area (Å²) in [5.74, 6) is 0.447. The fourth-order valence-corrected chi connectivity index (χ4v) is 2.23. The fraction of sp³-hybridized carbons (Fsp3) is 0.111. The van der Waals surface area contributed by atoms with Gasteiger partial charge in [0.15, 0.2) is 0 Å². The molecule has 0 aliphatic carbocycles. The number of aliphatic imine (C=N–C) groups is 1. The highest BCUT2D eigenvalue weighted by Crippen LogP contribution is 2.18. The van der Waals surface area contributed by atoms with Crippen molar-refractivity contribution in [2.45, 2.75) is 6.92 Å². The third-order valence-electron chi connectivity index (χ3n) is 3.29. The number of nitrogens with zero attached hydrogens (tertiary/aromatic N) is 1. The minimum atomic E-state index is -0.372. The van der Waals surface area contributed by atoms with Gasteiger partial charge in [-0.1, -0.05) is 24.3 Å². The number of carbonyl (C=O) groups is 1. The van der Waals surface area contributed by atoms with Crippen LogP contribution in [0.5, 0.6) is 5.75 Å². The Kier molecular flexibility index (Phi) is 4.19. The molecule has 4 nitrogen and oxygen atoms in total. The summed E-state index contributed by atoms with van der Waals surface area (Å²) in [6, 6.07) is 13.3. The van der Waals surface area contributed by atoms with Crippen LogP contribution in [0.4, 0.5) is 4.39 Å². The third-order valence-corrected chi connectivity index (χ3v) is 3.29. The predicted molar refractivity (Wildman–Crippen MR) is 86.7 cm³/mol. The van der Waals surface area contributed by atoms with Crippen molar-refractivity contribution in [3.05, 3.63) is 71.2 Å². The molecule has 0 aromatic heterocycles. The van der Waals surface area contributed by atoms with E-state index in [0.29, 0.717) is 18.0 Å². The first-order valence-corrected chi connectivity index (χ1v) is 7.26. The number of hydrogen-bond donors (Lipinski definition) is 1. The number of amidine groups is 1. The van der Waals surface area contributed by atoms with Crippen LogP contribution in [0.25, 0.3) is 6.08 Å². The molecule has 1 heterocycles. The van der Waals surface area contributed by atoms with Crippen molar-refractivity contribution in [1.29, 1.82) is 0 Å². The Hall–Kier alpha value is -2.95. The highest BCUT2D eigenvalue weighted by atomic mass is 19.1. The van der Waals surface area contributed by atoms with Crippen LogP contribution < -0.4 is 10.1 Å². The second kappa shape index (κ2) is 6.44. The molecular weight excluding hydrogens is 295 g/mol. The molecule has 0 saturated heterocycles. The lowest BCUT2D eigenvalue weighted by atomic mass is 10.2. The SMILES string of the molecule is CCOc1ccc(C=C2N=C(c3cccc(F)c3)NC2=O)cc1. The van der Waals surface area contributed by atoms with Gasteiger partial charge in [0, 0.05) is 5.56 Å². The van der Waals surface area contributed by atoms with Crippen LogP contribution >= 0.6 is 0 Å². The number of benzene rings is 2. The van der Waals surface area contributed by atoms with Crippen molar-refractivity contribution in [2.24, 2.45) is 4.99 Å². The molecule has 1 aliphatic rings. The van der Waals surface area contributed by atoms with Crippen molar-refractivity contribution >= 4 is 17.8 Å². The largest absolute Gasteiger partial charge is 0.494 e. The zero-order chi connectivity index (χ0) is 16.2. The third kappa shape index (κ3) is 3.45. The molecule has 0 radical (unpaired) electrons. The van der Waals surface area contributed by atoms with Gasteiger partial charge in [0.05, 0.1) is 6.61 Å². The van der Waals surface area contributed by atoms with E-state index < -0.39 is 0 Å². The number of carbonyl (C=O) groups excluding carboxylic acids is 1. The monoisotopic (exact) mass is 310 g/mol. The van der Waals surface area contributed by atoms with Crippen molar-refractivity contribution in [3.63, 3.8) is 0 Å². The van der Waals surface area contributed by atoms with E-state index in [-0.39, 0.29) is 17.4 Å². The molecule has 0 bridgehead atoms. The van der Waals surface area contributed by atoms with Gasteiger partial charge in [-0.2, -0.15) is 0 Å². The Bertz CT molecular complexity index is 795. The first-order valence-electron chi connectivity index (χ1n) is 7.26. The molecule has 0 unspecified atom stereocenters. The van der Waals surface area contributed by atoms with Crippen LogP contribution in [-0.2, 0) is 4.79 Å². The summed E-state index contributed by atoms with van der Waals surface area (Å²) in [5.41, 5.74) is 1.66. The van der Waals surface area contributed by atoms with E-state index in [9.17, 15) is 9.18 Å². The standard InChI is InChI=1S/C18H15FN2O2/c1-2-23-15-8-6-12(7-9-15)10-16-18(22)21-17(20-16)13-4-3-5-14(19)11-13/h3-11H,2H2,1H3,(H,20,21,22). The summed E-state index contributed by atoms with van der Waals surface area (Å²) in [6.45, 7) is 2.52. The van der Waals surface area contributed by atoms with Crippen LogP contribution in [0.2, 0.25) is 0 Å². The Morgan fingerprint density at radius 1 is 1.22 bits per heavy atom. The lowest BCUT2D eigenvalue weighted by Crippen LogP contribution is -2.24. The van der Waals surface area contributed by atoms with Gasteiger partial charge in [0.1, 0.15) is 23.1 Å². The molecule has 5 heteroatoms. The highest BCUT2D eigenvalue weighted by Gasteiger charge is 2.21. The van der Waals surface area contributed by atoms with Gasteiger partial charge in [-0.3, -0.25) is 4.79 Å². The Morgan fingerprint density at radius 2 is 2.00 bits per heavy atom. The molecule has 1 amide bonds. The summed E-state index contributed by atoms with van der Waals surface area (Å²) < 4.78 is 18.6. The van der Waals surface area contributed by atoms with Crippen LogP contribution in [0.15, 0.2) is 59.2 Å². The zero-order valence-corrected chi connectivity index (χ0v) is 12.5. The first-order chi connectivity index (χ1) is 11.2. The maximum atomic E-state index is 13.3. The van der Waals surface area contributed by atoms with Crippen molar-refractivity contribution in [1.82, 2.24) is 5.32 Å². The molecule has 23 heavy (non-hydrogen) atoms. The molecule has 0 atom stereocenters. The Labute approximate surface area is 133 Å². The normalized spacial score (nSPS) is 15.5. The van der Waals surface area contributed by atoms with E-state index in [1.807, 2.05) is 31.2 Å². The molecule has 1 N–H and O–H groups in total. The number of nitrogens with one attached hydrogen (secondary N) is 1. The summed E-state index contributed by atoms with van der Waals surface area (Å²) in [5, 5.41) is 2.65. The topological polar surface area (TPSA) is 50.7 Å². The second-order valence-corrected chi connectivity index (χ2v) is 4.96. The van der Waals surface area contributed by atoms with Gasteiger partial charge in [-0.15, -0.1) is 0 Å². The van der Waals surface area contributed by atoms with Gasteiger partial charge >= 0.3 is 0 Å². The summed E-state index contributed by atoms with van der Waals surface area (Å²) in [7, 11) is 0. The van der Waals surface area contributed by atoms with Gasteiger partial charge in [-0.25, -0.2) is 9.38 Å². The van der Waals surface area contributed by atoms with Crippen LogP contribution in [0.3, 0.4) is 0 Å². The molecule has 2 aromatic rings. The minimum Gasteiger partial charge on any atom is -0.494 e. The molecular formula is C18H15FN2O2. The quantitative estimate of drug-likeness (QED) is 0.882. The molecule has 3 rings (SSSR count). The van der Waals surface area contributed by atoms with Crippen molar-refractivity contribution in [2.75, 3.05) is 6.61 Å². The summed E-state index contributed by atoms with van der Waals surface area (Å²) in [6.07, 6.45) is 1.68. The van der Waals surface area contributed by atoms with Gasteiger partial charge in [0.25, 0.3) is 5.91 Å². The predicted octanol–water partition coefficient (Wildman–Crippen LogP) is 3.14. The Morgan fingerprint density at radius 3 is 2.70 bits per heavy atom. The number of amides is 1. The van der Waals surface area contributed by atoms with Crippen LogP contribution in [0.1, 0.15) is 18.1 Å². The average Bonchev–Trinajstić information content (AvgIpc) is 2.91. The van der Waals surface area contributed by atoms with Crippen molar-refractivity contribution in [3.8, 4) is 5.75 Å². The van der Waals surface area contributed by atoms with E-state index >= 15 is 0 Å². The van der Waals surface area contributed by atoms with Gasteiger partial charge in [0.2, 0.25) is 0 Å². The average molecular weight is 310 g/mol. The molecule has 0 saturated carbocycles. The Balaban J connectivity index is 1.85. The number of hydrogen-bond acceptors (Lipinski definition) is 3. The van der Waals surface area contributed by atoms with E-state index in [0.717, 1.165) is 11.3 Å². The van der Waals surface area contributed by atoms with Crippen LogP contribution in [0, 0.1) is 5.82 Å². The first kappa shape index (κ1) is 15.0. The van der Waals surface area contributed by atoms with E-state index in [1.54, 1.807) is 18.2 Å². The van der Waals surface area contributed by atoms with E-state index in [4.69, 9.17) is 4.74 Å². The second-order valence-electron chi connectivity index (χ2n) is 4.96. The maximum absolute atomic E-state index is 13.3. The molecule has 0 spiro atoms. The minimum absolute atomic E-state index is 0.286. The molecule has 116 valence electrons. The number of halogens is 1. The molecule has 2 aromatic carbocycles. The van der Waals surface area contributed by atoms with Crippen LogP contribution in [-0.4, -0.2) is 18.3 Å². The highest BCUT2D eigenvalue weighted by molar-refractivity contribution is 6.19. The smallest absolute Gasteiger partial charge is 0.275 e. The van der Waals surface area contributed by atoms with Gasteiger partial charge < -0.3 is 10.1 Å². The molecule has 1 aliphatic heterocycles. The maximum Gasteiger partial charge on any atom is 0.275 e. The van der Waals surface area contributed by atoms with E-state index in [2.05, 4.69) is 10.3 Å². The zero-order valence-electron chi connectivity index (χ0n) is 12.5.